The van der Waals surface area contributed by atoms with Crippen LogP contribution in [0.3, 0.4) is 0 Å². The minimum Gasteiger partial charge on any atom is -0.338 e. The van der Waals surface area contributed by atoms with Crippen LogP contribution < -0.4 is 0 Å². The van der Waals surface area contributed by atoms with Gasteiger partial charge in [-0.2, -0.15) is 0 Å². The van der Waals surface area contributed by atoms with E-state index in [4.69, 9.17) is 0 Å². The average Bonchev–Trinajstić information content (AvgIpc) is 3.38. The highest BCUT2D eigenvalue weighted by Crippen LogP contribution is 2.46. The SMILES string of the molecule is O=C1C2CC=CCC2C(=O)N1C1CN(C(=O)C2(c3cccs3)CCCC2)C1. The number of allylic oxidation sites excluding steroid dienone is 2. The molecule has 6 heteroatoms. The van der Waals surface area contributed by atoms with E-state index in [9.17, 15) is 14.4 Å². The zero-order chi connectivity index (χ0) is 18.6. The zero-order valence-corrected chi connectivity index (χ0v) is 16.1. The summed E-state index contributed by atoms with van der Waals surface area (Å²) in [6, 6.07) is 3.96. The van der Waals surface area contributed by atoms with Gasteiger partial charge >= 0.3 is 0 Å². The summed E-state index contributed by atoms with van der Waals surface area (Å²) in [5, 5.41) is 2.04. The Morgan fingerprint density at radius 3 is 2.22 bits per heavy atom. The maximum absolute atomic E-state index is 13.4. The van der Waals surface area contributed by atoms with Gasteiger partial charge in [0.1, 0.15) is 0 Å². The van der Waals surface area contributed by atoms with Gasteiger partial charge in [0.2, 0.25) is 17.7 Å². The van der Waals surface area contributed by atoms with Gasteiger partial charge in [0.15, 0.2) is 0 Å². The first-order chi connectivity index (χ1) is 13.1. The van der Waals surface area contributed by atoms with Crippen molar-refractivity contribution in [3.63, 3.8) is 0 Å². The number of rotatable bonds is 3. The van der Waals surface area contributed by atoms with Crippen LogP contribution in [-0.4, -0.2) is 46.7 Å². The maximum Gasteiger partial charge on any atom is 0.234 e. The van der Waals surface area contributed by atoms with Gasteiger partial charge in [-0.1, -0.05) is 31.1 Å². The molecule has 2 aliphatic carbocycles. The van der Waals surface area contributed by atoms with Crippen LogP contribution in [-0.2, 0) is 19.8 Å². The summed E-state index contributed by atoms with van der Waals surface area (Å²) in [6.07, 6.45) is 9.34. The molecule has 0 bridgehead atoms. The highest BCUT2D eigenvalue weighted by atomic mass is 32.1. The number of likely N-dealkylation sites (tertiary alicyclic amines) is 2. The first-order valence-corrected chi connectivity index (χ1v) is 10.8. The molecule has 3 amide bonds. The quantitative estimate of drug-likeness (QED) is 0.595. The van der Waals surface area contributed by atoms with Crippen molar-refractivity contribution >= 4 is 29.1 Å². The van der Waals surface area contributed by atoms with Crippen LogP contribution in [0.4, 0.5) is 0 Å². The van der Waals surface area contributed by atoms with Crippen LogP contribution in [0.1, 0.15) is 43.4 Å². The van der Waals surface area contributed by atoms with Crippen LogP contribution in [0, 0.1) is 11.8 Å². The molecule has 1 saturated carbocycles. The Morgan fingerprint density at radius 2 is 1.67 bits per heavy atom. The molecule has 4 aliphatic rings. The normalized spacial score (nSPS) is 29.9. The van der Waals surface area contributed by atoms with E-state index in [0.29, 0.717) is 25.9 Å². The molecule has 0 radical (unpaired) electrons. The van der Waals surface area contributed by atoms with E-state index >= 15 is 0 Å². The van der Waals surface area contributed by atoms with Gasteiger partial charge in [0.25, 0.3) is 0 Å². The first kappa shape index (κ1) is 17.2. The molecule has 5 rings (SSSR count). The number of thiophene rings is 1. The molecule has 2 aliphatic heterocycles. The van der Waals surface area contributed by atoms with E-state index in [1.165, 1.54) is 9.78 Å². The van der Waals surface area contributed by atoms with Crippen molar-refractivity contribution in [2.45, 2.75) is 50.0 Å². The van der Waals surface area contributed by atoms with Crippen molar-refractivity contribution < 1.29 is 14.4 Å². The van der Waals surface area contributed by atoms with Crippen LogP contribution in [0.15, 0.2) is 29.7 Å². The van der Waals surface area contributed by atoms with Crippen LogP contribution in [0.2, 0.25) is 0 Å². The number of fused-ring (bicyclic) bond motifs is 1. The predicted molar refractivity (Wildman–Crippen MR) is 102 cm³/mol. The monoisotopic (exact) mass is 384 g/mol. The van der Waals surface area contributed by atoms with E-state index in [1.807, 2.05) is 28.5 Å². The van der Waals surface area contributed by atoms with Gasteiger partial charge in [-0.25, -0.2) is 0 Å². The number of nitrogens with zero attached hydrogens (tertiary/aromatic N) is 2. The molecule has 1 aromatic rings. The van der Waals surface area contributed by atoms with Crippen molar-refractivity contribution in [3.8, 4) is 0 Å². The smallest absolute Gasteiger partial charge is 0.234 e. The largest absolute Gasteiger partial charge is 0.338 e. The van der Waals surface area contributed by atoms with Crippen molar-refractivity contribution in [1.82, 2.24) is 9.80 Å². The Balaban J connectivity index is 1.30. The number of carbonyl (C=O) groups excluding carboxylic acids is 3. The third-order valence-corrected chi connectivity index (χ3v) is 7.99. The second kappa shape index (κ2) is 6.30. The molecular formula is C21H24N2O3S. The molecule has 142 valence electrons. The minimum atomic E-state index is -0.379. The lowest BCUT2D eigenvalue weighted by molar-refractivity contribution is -0.155. The molecule has 2 unspecified atom stereocenters. The maximum atomic E-state index is 13.4. The van der Waals surface area contributed by atoms with Gasteiger partial charge in [0.05, 0.1) is 23.3 Å². The van der Waals surface area contributed by atoms with Gasteiger partial charge in [0, 0.05) is 18.0 Å². The number of carbonyl (C=O) groups is 3. The fourth-order valence-corrected chi connectivity index (χ4v) is 6.35. The third-order valence-electron chi connectivity index (χ3n) is 6.92. The van der Waals surface area contributed by atoms with Crippen molar-refractivity contribution in [1.29, 1.82) is 0 Å². The summed E-state index contributed by atoms with van der Waals surface area (Å²) < 4.78 is 0. The molecule has 0 aromatic carbocycles. The highest BCUT2D eigenvalue weighted by molar-refractivity contribution is 7.10. The third kappa shape index (κ3) is 2.45. The Bertz CT molecular complexity index is 777. The molecule has 2 saturated heterocycles. The van der Waals surface area contributed by atoms with Crippen molar-refractivity contribution in [3.05, 3.63) is 34.5 Å². The van der Waals surface area contributed by atoms with E-state index in [1.54, 1.807) is 11.3 Å². The average molecular weight is 385 g/mol. The topological polar surface area (TPSA) is 57.7 Å². The van der Waals surface area contributed by atoms with Crippen LogP contribution in [0.5, 0.6) is 0 Å². The summed E-state index contributed by atoms with van der Waals surface area (Å²) >= 11 is 1.67. The lowest BCUT2D eigenvalue weighted by Gasteiger charge is -2.46. The number of hydrogen-bond donors (Lipinski definition) is 0. The molecule has 1 aromatic heterocycles. The highest BCUT2D eigenvalue weighted by Gasteiger charge is 2.54. The second-order valence-corrected chi connectivity index (χ2v) is 9.28. The lowest BCUT2D eigenvalue weighted by atomic mass is 9.81. The molecule has 3 fully saturated rings. The molecule has 0 N–H and O–H groups in total. The molecule has 2 atom stereocenters. The summed E-state index contributed by atoms with van der Waals surface area (Å²) in [5.41, 5.74) is -0.379. The van der Waals surface area contributed by atoms with Crippen molar-refractivity contribution in [2.24, 2.45) is 11.8 Å². The molecule has 5 nitrogen and oxygen atoms in total. The van der Waals surface area contributed by atoms with Gasteiger partial charge < -0.3 is 4.90 Å². The Morgan fingerprint density at radius 1 is 1.04 bits per heavy atom. The van der Waals surface area contributed by atoms with Gasteiger partial charge in [-0.05, 0) is 37.1 Å². The standard InChI is InChI=1S/C21H24N2O3S/c24-18-15-6-1-2-7-16(15)19(25)23(18)14-12-22(13-14)20(26)21(9-3-4-10-21)17-8-5-11-27-17/h1-2,5,8,11,14-16H,3-4,6-7,9-10,12-13H2. The van der Waals surface area contributed by atoms with E-state index in [0.717, 1.165) is 25.7 Å². The Kier molecular flexibility index (Phi) is 4.00. The summed E-state index contributed by atoms with van der Waals surface area (Å²) in [5.74, 6) is -0.225. The zero-order valence-electron chi connectivity index (χ0n) is 15.3. The Hall–Kier alpha value is -1.95. The lowest BCUT2D eigenvalue weighted by Crippen LogP contribution is -2.65. The van der Waals surface area contributed by atoms with Crippen LogP contribution in [0.25, 0.3) is 0 Å². The summed E-state index contributed by atoms with van der Waals surface area (Å²) in [6.45, 7) is 0.993. The first-order valence-electron chi connectivity index (χ1n) is 9.97. The fraction of sp³-hybridized carbons (Fsp3) is 0.571. The molecule has 27 heavy (non-hydrogen) atoms. The Labute approximate surface area is 163 Å². The second-order valence-electron chi connectivity index (χ2n) is 8.33. The van der Waals surface area contributed by atoms with E-state index < -0.39 is 0 Å². The number of imide groups is 1. The van der Waals surface area contributed by atoms with Crippen molar-refractivity contribution in [2.75, 3.05) is 13.1 Å². The van der Waals surface area contributed by atoms with Gasteiger partial charge in [-0.15, -0.1) is 11.3 Å². The van der Waals surface area contributed by atoms with E-state index in [-0.39, 0.29) is 41.0 Å². The van der Waals surface area contributed by atoms with Gasteiger partial charge in [-0.3, -0.25) is 19.3 Å². The molecule has 3 heterocycles. The molecular weight excluding hydrogens is 360 g/mol. The van der Waals surface area contributed by atoms with Crippen LogP contribution >= 0.6 is 11.3 Å². The summed E-state index contributed by atoms with van der Waals surface area (Å²) in [7, 11) is 0. The number of hydrogen-bond acceptors (Lipinski definition) is 4. The molecule has 0 spiro atoms. The predicted octanol–water partition coefficient (Wildman–Crippen LogP) is 2.72. The van der Waals surface area contributed by atoms with E-state index in [2.05, 4.69) is 6.07 Å². The summed E-state index contributed by atoms with van der Waals surface area (Å²) in [4.78, 5) is 43.4. The number of amides is 3. The fourth-order valence-electron chi connectivity index (χ4n) is 5.37. The minimum absolute atomic E-state index is 0.0275.